The molecule has 2 heterocycles. The highest BCUT2D eigenvalue weighted by Gasteiger charge is 2.18. The Kier molecular flexibility index (Phi) is 5.99. The van der Waals surface area contributed by atoms with Crippen LogP contribution in [-0.2, 0) is 4.74 Å². The molecule has 1 fully saturated rings. The van der Waals surface area contributed by atoms with Crippen LogP contribution < -0.4 is 31.9 Å². The van der Waals surface area contributed by atoms with Gasteiger partial charge in [0.05, 0.1) is 24.9 Å². The third kappa shape index (κ3) is 4.52. The number of carbonyl (C=O) groups excluding carboxylic acids is 1. The van der Waals surface area contributed by atoms with Crippen molar-refractivity contribution >= 4 is 17.3 Å². The highest BCUT2D eigenvalue weighted by molar-refractivity contribution is 5.96. The number of para-hydroxylation sites is 2. The molecule has 28 heavy (non-hydrogen) atoms. The average molecular weight is 389 g/mol. The molecule has 0 saturated carbocycles. The first kappa shape index (κ1) is 19.5. The molecule has 1 aliphatic heterocycles. The first-order valence-corrected chi connectivity index (χ1v) is 8.93. The van der Waals surface area contributed by atoms with E-state index < -0.39 is 23.2 Å². The number of morpholine rings is 1. The molecular weight excluding hydrogens is 366 g/mol. The van der Waals surface area contributed by atoms with Gasteiger partial charge in [-0.3, -0.25) is 14.6 Å². The van der Waals surface area contributed by atoms with E-state index in [9.17, 15) is 14.4 Å². The van der Waals surface area contributed by atoms with E-state index in [1.54, 1.807) is 6.92 Å². The zero-order chi connectivity index (χ0) is 20.1. The van der Waals surface area contributed by atoms with Crippen molar-refractivity contribution < 1.29 is 14.3 Å². The summed E-state index contributed by atoms with van der Waals surface area (Å²) in [5, 5.41) is 2.66. The van der Waals surface area contributed by atoms with Crippen LogP contribution in [0.25, 0.3) is 0 Å². The van der Waals surface area contributed by atoms with Crippen LogP contribution in [0.15, 0.2) is 33.9 Å². The van der Waals surface area contributed by atoms with Crippen LogP contribution in [0.4, 0.5) is 11.4 Å². The van der Waals surface area contributed by atoms with Gasteiger partial charge in [-0.15, -0.1) is 0 Å². The van der Waals surface area contributed by atoms with Gasteiger partial charge in [0.15, 0.2) is 0 Å². The van der Waals surface area contributed by atoms with E-state index in [1.165, 1.54) is 0 Å². The Hall–Kier alpha value is -3.27. The maximum atomic E-state index is 12.3. The van der Waals surface area contributed by atoms with Crippen molar-refractivity contribution in [3.63, 3.8) is 0 Å². The van der Waals surface area contributed by atoms with E-state index >= 15 is 0 Å². The number of hydrogen-bond donors (Lipinski definition) is 4. The Bertz CT molecular complexity index is 948. The number of aromatic amines is 2. The quantitative estimate of drug-likeness (QED) is 0.530. The lowest BCUT2D eigenvalue weighted by molar-refractivity contribution is 0.0921. The fraction of sp³-hybridized carbons (Fsp3) is 0.389. The molecule has 2 aromatic rings. The van der Waals surface area contributed by atoms with Crippen LogP contribution in [0.5, 0.6) is 5.75 Å². The van der Waals surface area contributed by atoms with Gasteiger partial charge in [0.1, 0.15) is 23.7 Å². The highest BCUT2D eigenvalue weighted by Crippen LogP contribution is 2.28. The summed E-state index contributed by atoms with van der Waals surface area (Å²) in [5.41, 5.74) is 4.32. The molecule has 1 aromatic heterocycles. The predicted molar refractivity (Wildman–Crippen MR) is 104 cm³/mol. The molecule has 10 heteroatoms. The number of rotatable bonds is 6. The lowest BCUT2D eigenvalue weighted by Gasteiger charge is -2.30. The molecule has 0 radical (unpaired) electrons. The molecule has 0 bridgehead atoms. The van der Waals surface area contributed by atoms with Crippen molar-refractivity contribution in [2.24, 2.45) is 0 Å². The molecule has 3 rings (SSSR count). The standard InChI is InChI=1S/C18H23N5O5/c1-11(20-17(25)15-14(19)16(24)22-18(26)21-15)10-28-13-5-3-2-4-12(13)23-6-8-27-9-7-23/h2-5,11H,6-10,19H2,1H3,(H,20,25)(H2,21,22,24,26). The molecular formula is C18H23N5O5. The summed E-state index contributed by atoms with van der Waals surface area (Å²) in [6.45, 7) is 4.83. The van der Waals surface area contributed by atoms with Crippen LogP contribution >= 0.6 is 0 Å². The lowest BCUT2D eigenvalue weighted by Crippen LogP contribution is -2.40. The second-order valence-electron chi connectivity index (χ2n) is 6.45. The van der Waals surface area contributed by atoms with Gasteiger partial charge in [-0.25, -0.2) is 4.79 Å². The molecule has 0 spiro atoms. The van der Waals surface area contributed by atoms with Gasteiger partial charge in [-0.1, -0.05) is 12.1 Å². The summed E-state index contributed by atoms with van der Waals surface area (Å²) in [6.07, 6.45) is 0. The Morgan fingerprint density at radius 1 is 1.29 bits per heavy atom. The minimum atomic E-state index is -0.808. The Balaban J connectivity index is 1.64. The normalized spacial score (nSPS) is 15.1. The topological polar surface area (TPSA) is 143 Å². The van der Waals surface area contributed by atoms with Gasteiger partial charge < -0.3 is 30.4 Å². The number of nitrogens with one attached hydrogen (secondary N) is 3. The fourth-order valence-electron chi connectivity index (χ4n) is 2.87. The number of anilines is 2. The van der Waals surface area contributed by atoms with Crippen LogP contribution in [0, 0.1) is 0 Å². The van der Waals surface area contributed by atoms with Gasteiger partial charge in [0, 0.05) is 13.1 Å². The SMILES string of the molecule is CC(COc1ccccc1N1CCOCC1)NC(=O)c1[nH]c(=O)[nH]c(=O)c1N. The first-order valence-electron chi connectivity index (χ1n) is 8.93. The van der Waals surface area contributed by atoms with E-state index in [-0.39, 0.29) is 18.0 Å². The van der Waals surface area contributed by atoms with Gasteiger partial charge in [0.25, 0.3) is 11.5 Å². The second-order valence-corrected chi connectivity index (χ2v) is 6.45. The monoisotopic (exact) mass is 389 g/mol. The van der Waals surface area contributed by atoms with Gasteiger partial charge in [-0.2, -0.15) is 0 Å². The second kappa shape index (κ2) is 8.61. The zero-order valence-corrected chi connectivity index (χ0v) is 15.5. The van der Waals surface area contributed by atoms with E-state index in [0.29, 0.717) is 19.0 Å². The number of nitrogens with two attached hydrogens (primary N) is 1. The van der Waals surface area contributed by atoms with Crippen LogP contribution in [0.2, 0.25) is 0 Å². The molecule has 0 aliphatic carbocycles. The third-order valence-electron chi connectivity index (χ3n) is 4.29. The van der Waals surface area contributed by atoms with Crippen molar-refractivity contribution in [1.82, 2.24) is 15.3 Å². The van der Waals surface area contributed by atoms with Gasteiger partial charge >= 0.3 is 5.69 Å². The number of nitrogen functional groups attached to an aromatic ring is 1. The maximum absolute atomic E-state index is 12.3. The smallest absolute Gasteiger partial charge is 0.326 e. The number of amides is 1. The largest absolute Gasteiger partial charge is 0.489 e. The van der Waals surface area contributed by atoms with Crippen molar-refractivity contribution in [2.45, 2.75) is 13.0 Å². The summed E-state index contributed by atoms with van der Waals surface area (Å²) in [7, 11) is 0. The highest BCUT2D eigenvalue weighted by atomic mass is 16.5. The fourth-order valence-corrected chi connectivity index (χ4v) is 2.87. The van der Waals surface area contributed by atoms with Crippen molar-refractivity contribution in [3.8, 4) is 5.75 Å². The van der Waals surface area contributed by atoms with Crippen LogP contribution in [0.1, 0.15) is 17.4 Å². The number of H-pyrrole nitrogens is 2. The number of nitrogens with zero attached hydrogens (tertiary/aromatic N) is 1. The van der Waals surface area contributed by atoms with E-state index in [2.05, 4.69) is 15.2 Å². The van der Waals surface area contributed by atoms with Crippen molar-refractivity contribution in [3.05, 3.63) is 50.8 Å². The minimum absolute atomic E-state index is 0.195. The van der Waals surface area contributed by atoms with E-state index in [4.69, 9.17) is 15.2 Å². The lowest BCUT2D eigenvalue weighted by atomic mass is 10.2. The number of aromatic nitrogens is 2. The zero-order valence-electron chi connectivity index (χ0n) is 15.5. The molecule has 150 valence electrons. The third-order valence-corrected chi connectivity index (χ3v) is 4.29. The molecule has 1 aromatic carbocycles. The molecule has 1 saturated heterocycles. The molecule has 1 aliphatic rings. The average Bonchev–Trinajstić information content (AvgIpc) is 2.70. The number of benzene rings is 1. The summed E-state index contributed by atoms with van der Waals surface area (Å²) < 4.78 is 11.3. The summed E-state index contributed by atoms with van der Waals surface area (Å²) >= 11 is 0. The maximum Gasteiger partial charge on any atom is 0.326 e. The number of hydrogen-bond acceptors (Lipinski definition) is 7. The predicted octanol–water partition coefficient (Wildman–Crippen LogP) is -0.321. The van der Waals surface area contributed by atoms with E-state index in [0.717, 1.165) is 18.8 Å². The summed E-state index contributed by atoms with van der Waals surface area (Å²) in [6, 6.07) is 7.27. The molecule has 1 unspecified atom stereocenters. The Morgan fingerprint density at radius 2 is 2.00 bits per heavy atom. The van der Waals surface area contributed by atoms with Crippen LogP contribution in [0.3, 0.4) is 0 Å². The van der Waals surface area contributed by atoms with Crippen LogP contribution in [-0.4, -0.2) is 54.8 Å². The van der Waals surface area contributed by atoms with E-state index in [1.807, 2.05) is 29.2 Å². The van der Waals surface area contributed by atoms with Gasteiger partial charge in [-0.05, 0) is 19.1 Å². The number of ether oxygens (including phenoxy) is 2. The molecule has 10 nitrogen and oxygen atoms in total. The number of carbonyl (C=O) groups is 1. The summed E-state index contributed by atoms with van der Waals surface area (Å²) in [5.74, 6) is 0.0489. The Labute approximate surface area is 160 Å². The van der Waals surface area contributed by atoms with Gasteiger partial charge in [0.2, 0.25) is 0 Å². The molecule has 5 N–H and O–H groups in total. The molecule has 1 atom stereocenters. The Morgan fingerprint density at radius 3 is 2.75 bits per heavy atom. The van der Waals surface area contributed by atoms with Crippen molar-refractivity contribution in [1.29, 1.82) is 0 Å². The van der Waals surface area contributed by atoms with Crippen molar-refractivity contribution in [2.75, 3.05) is 43.5 Å². The minimum Gasteiger partial charge on any atom is -0.489 e. The summed E-state index contributed by atoms with van der Waals surface area (Å²) in [4.78, 5) is 41.6. The molecule has 1 amide bonds. The first-order chi connectivity index (χ1) is 13.5.